The van der Waals surface area contributed by atoms with Gasteiger partial charge < -0.3 is 24.6 Å². The Hall–Kier alpha value is -4.07. The Labute approximate surface area is 185 Å². The molecule has 0 spiro atoms. The van der Waals surface area contributed by atoms with E-state index in [0.717, 1.165) is 11.1 Å². The fourth-order valence-electron chi connectivity index (χ4n) is 3.36. The van der Waals surface area contributed by atoms with Crippen molar-refractivity contribution in [2.24, 2.45) is 7.05 Å². The molecule has 2 amide bonds. The summed E-state index contributed by atoms with van der Waals surface area (Å²) in [6.45, 7) is 0.478. The molecule has 2 N–H and O–H groups in total. The fraction of sp³-hybridized carbons (Fsp3) is 0.208. The van der Waals surface area contributed by atoms with Crippen LogP contribution >= 0.6 is 0 Å². The summed E-state index contributed by atoms with van der Waals surface area (Å²) in [7, 11) is 4.61. The summed E-state index contributed by atoms with van der Waals surface area (Å²) in [5.41, 5.74) is 1.74. The molecule has 0 aliphatic heterocycles. The maximum absolute atomic E-state index is 13.0. The van der Waals surface area contributed by atoms with Gasteiger partial charge in [-0.1, -0.05) is 36.4 Å². The molecule has 8 nitrogen and oxygen atoms in total. The zero-order valence-corrected chi connectivity index (χ0v) is 18.2. The predicted octanol–water partition coefficient (Wildman–Crippen LogP) is 2.30. The highest BCUT2D eigenvalue weighted by Gasteiger charge is 2.21. The third-order valence-electron chi connectivity index (χ3n) is 5.17. The number of methoxy groups -OCH3 is 1. The van der Waals surface area contributed by atoms with E-state index >= 15 is 0 Å². The van der Waals surface area contributed by atoms with Gasteiger partial charge in [-0.15, -0.1) is 0 Å². The van der Waals surface area contributed by atoms with Gasteiger partial charge in [0, 0.05) is 33.3 Å². The third kappa shape index (κ3) is 4.80. The number of carbonyl (C=O) groups excluding carboxylic acids is 2. The number of hydrogen-bond donors (Lipinski definition) is 2. The van der Waals surface area contributed by atoms with E-state index in [1.807, 2.05) is 24.3 Å². The number of hydrogen-bond acceptors (Lipinski definition) is 5. The van der Waals surface area contributed by atoms with Crippen LogP contribution < -0.4 is 15.6 Å². The number of rotatable bonds is 7. The van der Waals surface area contributed by atoms with E-state index in [1.165, 1.54) is 28.7 Å². The number of benzene rings is 2. The molecular weight excluding hydrogens is 410 g/mol. The van der Waals surface area contributed by atoms with E-state index in [1.54, 1.807) is 38.4 Å². The SMILES string of the molecule is COc1cccc(O)c1C(=O)N(C)Cc1ccccc1CNC(=O)c1cccc(=O)n1C. The van der Waals surface area contributed by atoms with Gasteiger partial charge >= 0.3 is 0 Å². The largest absolute Gasteiger partial charge is 0.507 e. The van der Waals surface area contributed by atoms with Crippen molar-refractivity contribution in [2.45, 2.75) is 13.1 Å². The molecule has 0 aliphatic rings. The fourth-order valence-corrected chi connectivity index (χ4v) is 3.36. The molecule has 0 saturated carbocycles. The summed E-state index contributed by atoms with van der Waals surface area (Å²) < 4.78 is 6.50. The minimum atomic E-state index is -0.391. The first-order valence-electron chi connectivity index (χ1n) is 9.96. The van der Waals surface area contributed by atoms with Gasteiger partial charge in [-0.2, -0.15) is 0 Å². The van der Waals surface area contributed by atoms with E-state index in [4.69, 9.17) is 4.74 Å². The van der Waals surface area contributed by atoms with Gasteiger partial charge in [0.05, 0.1) is 7.11 Å². The number of nitrogens with one attached hydrogen (secondary N) is 1. The molecule has 3 rings (SSSR count). The number of carbonyl (C=O) groups is 2. The molecule has 0 radical (unpaired) electrons. The normalized spacial score (nSPS) is 10.5. The lowest BCUT2D eigenvalue weighted by atomic mass is 10.1. The minimum Gasteiger partial charge on any atom is -0.507 e. The Morgan fingerprint density at radius 2 is 1.72 bits per heavy atom. The van der Waals surface area contributed by atoms with Crippen molar-refractivity contribution in [3.8, 4) is 11.5 Å². The van der Waals surface area contributed by atoms with E-state index in [9.17, 15) is 19.5 Å². The Kier molecular flexibility index (Phi) is 6.94. The molecule has 0 fully saturated rings. The van der Waals surface area contributed by atoms with E-state index in [0.29, 0.717) is 0 Å². The average Bonchev–Trinajstić information content (AvgIpc) is 2.79. The van der Waals surface area contributed by atoms with Crippen molar-refractivity contribution >= 4 is 11.8 Å². The van der Waals surface area contributed by atoms with Crippen molar-refractivity contribution in [2.75, 3.05) is 14.2 Å². The number of ether oxygens (including phenoxy) is 1. The molecule has 1 heterocycles. The number of aromatic hydroxyl groups is 1. The Morgan fingerprint density at radius 1 is 1.03 bits per heavy atom. The molecule has 0 unspecified atom stereocenters. The lowest BCUT2D eigenvalue weighted by molar-refractivity contribution is 0.0777. The lowest BCUT2D eigenvalue weighted by Crippen LogP contribution is -2.31. The van der Waals surface area contributed by atoms with Crippen LogP contribution in [0.3, 0.4) is 0 Å². The first kappa shape index (κ1) is 22.6. The van der Waals surface area contributed by atoms with Gasteiger partial charge in [-0.3, -0.25) is 14.4 Å². The number of amides is 2. The average molecular weight is 435 g/mol. The zero-order chi connectivity index (χ0) is 23.3. The van der Waals surface area contributed by atoms with Gasteiger partial charge in [0.2, 0.25) is 0 Å². The Balaban J connectivity index is 1.76. The molecular formula is C24H25N3O5. The van der Waals surface area contributed by atoms with E-state index in [2.05, 4.69) is 5.32 Å². The molecule has 0 saturated heterocycles. The van der Waals surface area contributed by atoms with Gasteiger partial charge in [0.25, 0.3) is 17.4 Å². The summed E-state index contributed by atoms with van der Waals surface area (Å²) in [5, 5.41) is 13.0. The van der Waals surface area contributed by atoms with E-state index in [-0.39, 0.29) is 47.3 Å². The number of nitrogens with zero attached hydrogens (tertiary/aromatic N) is 2. The molecule has 0 aliphatic carbocycles. The highest BCUT2D eigenvalue weighted by molar-refractivity contribution is 5.99. The van der Waals surface area contributed by atoms with Gasteiger partial charge in [-0.25, -0.2) is 0 Å². The molecule has 2 aromatic carbocycles. The molecule has 32 heavy (non-hydrogen) atoms. The topological polar surface area (TPSA) is 101 Å². The molecule has 3 aromatic rings. The van der Waals surface area contributed by atoms with Crippen LogP contribution in [-0.4, -0.2) is 40.5 Å². The van der Waals surface area contributed by atoms with E-state index < -0.39 is 5.91 Å². The van der Waals surface area contributed by atoms with Gasteiger partial charge in [0.15, 0.2) is 0 Å². The maximum Gasteiger partial charge on any atom is 0.268 e. The van der Waals surface area contributed by atoms with Crippen LogP contribution in [0.1, 0.15) is 32.0 Å². The highest BCUT2D eigenvalue weighted by Crippen LogP contribution is 2.29. The van der Waals surface area contributed by atoms with Crippen molar-refractivity contribution in [3.63, 3.8) is 0 Å². The Bertz CT molecular complexity index is 1200. The summed E-state index contributed by atoms with van der Waals surface area (Å²) in [4.78, 5) is 38.7. The van der Waals surface area contributed by atoms with Gasteiger partial charge in [-0.05, 0) is 29.3 Å². The quantitative estimate of drug-likeness (QED) is 0.593. The second-order valence-electron chi connectivity index (χ2n) is 7.28. The zero-order valence-electron chi connectivity index (χ0n) is 18.2. The van der Waals surface area contributed by atoms with Crippen LogP contribution in [0.15, 0.2) is 65.5 Å². The maximum atomic E-state index is 13.0. The summed E-state index contributed by atoms with van der Waals surface area (Å²) in [6, 6.07) is 16.6. The van der Waals surface area contributed by atoms with Crippen molar-refractivity contribution in [3.05, 3.63) is 93.4 Å². The number of phenols is 1. The first-order chi connectivity index (χ1) is 15.3. The molecule has 166 valence electrons. The van der Waals surface area contributed by atoms with Crippen LogP contribution in [0, 0.1) is 0 Å². The number of aromatic nitrogens is 1. The van der Waals surface area contributed by atoms with Crippen molar-refractivity contribution in [1.82, 2.24) is 14.8 Å². The standard InChI is InChI=1S/C24H25N3O5/c1-26(24(31)22-19(28)11-7-12-20(22)32-3)15-17-9-5-4-8-16(17)14-25-23(30)18-10-6-13-21(29)27(18)2/h4-13,28H,14-15H2,1-3H3,(H,25,30). The second kappa shape index (κ2) is 9.82. The second-order valence-corrected chi connectivity index (χ2v) is 7.28. The molecule has 0 atom stereocenters. The molecule has 8 heteroatoms. The Morgan fingerprint density at radius 3 is 2.44 bits per heavy atom. The smallest absolute Gasteiger partial charge is 0.268 e. The third-order valence-corrected chi connectivity index (χ3v) is 5.17. The highest BCUT2D eigenvalue weighted by atomic mass is 16.5. The monoisotopic (exact) mass is 435 g/mol. The predicted molar refractivity (Wildman–Crippen MR) is 120 cm³/mol. The van der Waals surface area contributed by atoms with Crippen LogP contribution in [0.25, 0.3) is 0 Å². The molecule has 1 aromatic heterocycles. The lowest BCUT2D eigenvalue weighted by Gasteiger charge is -2.21. The van der Waals surface area contributed by atoms with Crippen LogP contribution in [0.2, 0.25) is 0 Å². The van der Waals surface area contributed by atoms with Crippen molar-refractivity contribution < 1.29 is 19.4 Å². The van der Waals surface area contributed by atoms with Gasteiger partial charge in [0.1, 0.15) is 22.8 Å². The van der Waals surface area contributed by atoms with Crippen LogP contribution in [0.5, 0.6) is 11.5 Å². The number of pyridine rings is 1. The van der Waals surface area contributed by atoms with Crippen LogP contribution in [0.4, 0.5) is 0 Å². The summed E-state index contributed by atoms with van der Waals surface area (Å²) in [6.07, 6.45) is 0. The number of phenolic OH excluding ortho intramolecular Hbond substituents is 1. The summed E-state index contributed by atoms with van der Waals surface area (Å²) >= 11 is 0. The summed E-state index contributed by atoms with van der Waals surface area (Å²) in [5.74, 6) is -0.632. The van der Waals surface area contributed by atoms with Crippen molar-refractivity contribution in [1.29, 1.82) is 0 Å². The molecule has 0 bridgehead atoms. The minimum absolute atomic E-state index is 0.0910. The first-order valence-corrected chi connectivity index (χ1v) is 9.96. The van der Waals surface area contributed by atoms with Crippen LogP contribution in [-0.2, 0) is 20.1 Å².